The zero-order chi connectivity index (χ0) is 14.1. The molecule has 0 bridgehead atoms. The molecule has 0 spiro atoms. The van der Waals surface area contributed by atoms with Crippen LogP contribution in [0.4, 0.5) is 0 Å². The van der Waals surface area contributed by atoms with Crippen molar-refractivity contribution in [3.05, 3.63) is 16.6 Å². The lowest BCUT2D eigenvalue weighted by Gasteiger charge is -2.36. The van der Waals surface area contributed by atoms with Crippen LogP contribution in [0.2, 0.25) is 0 Å². The van der Waals surface area contributed by atoms with Crippen molar-refractivity contribution in [3.63, 3.8) is 0 Å². The fourth-order valence-corrected chi connectivity index (χ4v) is 3.83. The molecule has 0 aliphatic carbocycles. The van der Waals surface area contributed by atoms with E-state index in [1.165, 1.54) is 0 Å². The minimum absolute atomic E-state index is 0.0989. The molecule has 2 aliphatic heterocycles. The standard InChI is InChI=1S/C14H21N3O2S/c1-16(2)14(18)12-4-3-10-11(19-12)5-7-17(10)9-13-15-6-8-20-13/h6,8,10-12H,3-5,7,9H2,1-2H3/t10-,11-,12+/m1/s1. The number of thiazole rings is 1. The Labute approximate surface area is 123 Å². The SMILES string of the molecule is CN(C)C(=O)[C@@H]1CC[C@@H]2[C@@H](CCN2Cc2nccs2)O1. The molecule has 3 heterocycles. The summed E-state index contributed by atoms with van der Waals surface area (Å²) >= 11 is 1.70. The molecular formula is C14H21N3O2S. The van der Waals surface area contributed by atoms with E-state index in [0.29, 0.717) is 6.04 Å². The van der Waals surface area contributed by atoms with Crippen molar-refractivity contribution < 1.29 is 9.53 Å². The number of nitrogens with zero attached hydrogens (tertiary/aromatic N) is 3. The fourth-order valence-electron chi connectivity index (χ4n) is 3.19. The minimum Gasteiger partial charge on any atom is -0.363 e. The van der Waals surface area contributed by atoms with Crippen molar-refractivity contribution in [1.82, 2.24) is 14.8 Å². The van der Waals surface area contributed by atoms with Gasteiger partial charge in [0.1, 0.15) is 11.1 Å². The highest BCUT2D eigenvalue weighted by Crippen LogP contribution is 2.33. The normalized spacial score (nSPS) is 30.2. The maximum absolute atomic E-state index is 12.0. The van der Waals surface area contributed by atoms with Gasteiger partial charge in [-0.1, -0.05) is 0 Å². The van der Waals surface area contributed by atoms with Crippen LogP contribution in [0.3, 0.4) is 0 Å². The van der Waals surface area contributed by atoms with Gasteiger partial charge in [-0.25, -0.2) is 4.98 Å². The van der Waals surface area contributed by atoms with Crippen LogP contribution in [0, 0.1) is 0 Å². The van der Waals surface area contributed by atoms with Crippen molar-refractivity contribution in [2.45, 2.75) is 44.1 Å². The summed E-state index contributed by atoms with van der Waals surface area (Å²) in [6.45, 7) is 1.95. The van der Waals surface area contributed by atoms with E-state index >= 15 is 0 Å². The highest BCUT2D eigenvalue weighted by molar-refractivity contribution is 7.09. The number of fused-ring (bicyclic) bond motifs is 1. The van der Waals surface area contributed by atoms with Crippen LogP contribution in [0.25, 0.3) is 0 Å². The number of hydrogen-bond donors (Lipinski definition) is 0. The first-order valence-electron chi connectivity index (χ1n) is 7.14. The van der Waals surface area contributed by atoms with Crippen LogP contribution in [-0.2, 0) is 16.1 Å². The van der Waals surface area contributed by atoms with Gasteiger partial charge in [0.2, 0.25) is 0 Å². The zero-order valence-electron chi connectivity index (χ0n) is 12.0. The van der Waals surface area contributed by atoms with Crippen molar-refractivity contribution in [2.75, 3.05) is 20.6 Å². The molecule has 0 unspecified atom stereocenters. The third-order valence-electron chi connectivity index (χ3n) is 4.20. The maximum Gasteiger partial charge on any atom is 0.251 e. The number of hydrogen-bond acceptors (Lipinski definition) is 5. The lowest BCUT2D eigenvalue weighted by atomic mass is 9.98. The van der Waals surface area contributed by atoms with Gasteiger partial charge in [0.15, 0.2) is 0 Å². The van der Waals surface area contributed by atoms with Gasteiger partial charge in [0, 0.05) is 38.3 Å². The van der Waals surface area contributed by atoms with Crippen molar-refractivity contribution in [1.29, 1.82) is 0 Å². The fraction of sp³-hybridized carbons (Fsp3) is 0.714. The molecule has 6 heteroatoms. The summed E-state index contributed by atoms with van der Waals surface area (Å²) in [5, 5.41) is 3.18. The smallest absolute Gasteiger partial charge is 0.251 e. The van der Waals surface area contributed by atoms with Crippen LogP contribution in [-0.4, -0.2) is 59.6 Å². The lowest BCUT2D eigenvalue weighted by molar-refractivity contribution is -0.152. The number of likely N-dealkylation sites (tertiary alicyclic amines) is 1. The van der Waals surface area contributed by atoms with E-state index in [2.05, 4.69) is 9.88 Å². The third-order valence-corrected chi connectivity index (χ3v) is 4.97. The Balaban J connectivity index is 1.60. The maximum atomic E-state index is 12.0. The van der Waals surface area contributed by atoms with E-state index in [9.17, 15) is 4.79 Å². The number of rotatable bonds is 3. The van der Waals surface area contributed by atoms with Gasteiger partial charge in [-0.05, 0) is 19.3 Å². The second-order valence-corrected chi connectivity index (χ2v) is 6.70. The van der Waals surface area contributed by atoms with Crippen molar-refractivity contribution in [2.24, 2.45) is 0 Å². The third kappa shape index (κ3) is 2.73. The summed E-state index contributed by atoms with van der Waals surface area (Å²) in [5.74, 6) is 0.0989. The predicted octanol–water partition coefficient (Wildman–Crippen LogP) is 1.35. The number of ether oxygens (including phenoxy) is 1. The number of likely N-dealkylation sites (N-methyl/N-ethyl adjacent to an activating group) is 1. The molecule has 3 atom stereocenters. The molecule has 2 fully saturated rings. The zero-order valence-corrected chi connectivity index (χ0v) is 12.8. The summed E-state index contributed by atoms with van der Waals surface area (Å²) in [7, 11) is 3.59. The van der Waals surface area contributed by atoms with Gasteiger partial charge < -0.3 is 9.64 Å². The average Bonchev–Trinajstić information content (AvgIpc) is 3.08. The summed E-state index contributed by atoms with van der Waals surface area (Å²) in [5.41, 5.74) is 0. The van der Waals surface area contributed by atoms with Crippen molar-refractivity contribution in [3.8, 4) is 0 Å². The van der Waals surface area contributed by atoms with E-state index in [4.69, 9.17) is 4.74 Å². The molecule has 2 aliphatic rings. The monoisotopic (exact) mass is 295 g/mol. The van der Waals surface area contributed by atoms with Gasteiger partial charge in [-0.2, -0.15) is 0 Å². The Morgan fingerprint density at radius 1 is 1.50 bits per heavy atom. The highest BCUT2D eigenvalue weighted by Gasteiger charge is 2.42. The summed E-state index contributed by atoms with van der Waals surface area (Å²) in [6.07, 6.45) is 4.71. The molecule has 1 amide bonds. The van der Waals surface area contributed by atoms with E-state index in [-0.39, 0.29) is 18.1 Å². The van der Waals surface area contributed by atoms with Gasteiger partial charge in [-0.3, -0.25) is 9.69 Å². The summed E-state index contributed by atoms with van der Waals surface area (Å²) < 4.78 is 6.03. The number of amides is 1. The molecule has 2 saturated heterocycles. The van der Waals surface area contributed by atoms with E-state index < -0.39 is 0 Å². The minimum atomic E-state index is -0.244. The largest absolute Gasteiger partial charge is 0.363 e. The predicted molar refractivity (Wildman–Crippen MR) is 77.5 cm³/mol. The number of carbonyl (C=O) groups excluding carboxylic acids is 1. The van der Waals surface area contributed by atoms with Crippen molar-refractivity contribution >= 4 is 17.2 Å². The summed E-state index contributed by atoms with van der Waals surface area (Å²) in [4.78, 5) is 20.5. The highest BCUT2D eigenvalue weighted by atomic mass is 32.1. The van der Waals surface area contributed by atoms with Gasteiger partial charge in [-0.15, -0.1) is 11.3 Å². The molecule has 0 saturated carbocycles. The number of carbonyl (C=O) groups is 1. The molecule has 1 aromatic heterocycles. The Bertz CT molecular complexity index is 463. The van der Waals surface area contributed by atoms with Gasteiger partial charge >= 0.3 is 0 Å². The molecule has 3 rings (SSSR count). The Morgan fingerprint density at radius 2 is 2.35 bits per heavy atom. The first-order chi connectivity index (χ1) is 9.65. The molecule has 0 radical (unpaired) electrons. The van der Waals surface area contributed by atoms with Crippen LogP contribution in [0.1, 0.15) is 24.3 Å². The first-order valence-corrected chi connectivity index (χ1v) is 8.02. The van der Waals surface area contributed by atoms with E-state index in [0.717, 1.165) is 37.4 Å². The van der Waals surface area contributed by atoms with Gasteiger partial charge in [0.25, 0.3) is 5.91 Å². The van der Waals surface area contributed by atoms with Crippen LogP contribution in [0.15, 0.2) is 11.6 Å². The summed E-state index contributed by atoms with van der Waals surface area (Å²) in [6, 6.07) is 0.449. The second-order valence-electron chi connectivity index (χ2n) is 5.73. The Morgan fingerprint density at radius 3 is 3.05 bits per heavy atom. The Kier molecular flexibility index (Phi) is 4.05. The second kappa shape index (κ2) is 5.79. The molecule has 1 aromatic rings. The lowest BCUT2D eigenvalue weighted by Crippen LogP contribution is -2.47. The quantitative estimate of drug-likeness (QED) is 0.844. The molecule has 110 valence electrons. The van der Waals surface area contributed by atoms with Crippen LogP contribution in [0.5, 0.6) is 0 Å². The molecule has 0 aromatic carbocycles. The number of aromatic nitrogens is 1. The topological polar surface area (TPSA) is 45.7 Å². The molecule has 5 nitrogen and oxygen atoms in total. The van der Waals surface area contributed by atoms with Crippen LogP contribution >= 0.6 is 11.3 Å². The van der Waals surface area contributed by atoms with Crippen LogP contribution < -0.4 is 0 Å². The molecule has 0 N–H and O–H groups in total. The molecular weight excluding hydrogens is 274 g/mol. The van der Waals surface area contributed by atoms with E-state index in [1.807, 2.05) is 11.6 Å². The van der Waals surface area contributed by atoms with E-state index in [1.54, 1.807) is 30.3 Å². The molecule has 20 heavy (non-hydrogen) atoms. The van der Waals surface area contributed by atoms with Gasteiger partial charge in [0.05, 0.1) is 12.6 Å². The Hall–Kier alpha value is -0.980. The first kappa shape index (κ1) is 14.0. The average molecular weight is 295 g/mol.